The number of aldehydes is 1. The molecular weight excluding hydrogens is 823 g/mol. The van der Waals surface area contributed by atoms with Crippen molar-refractivity contribution in [3.63, 3.8) is 0 Å². The van der Waals surface area contributed by atoms with E-state index < -0.39 is 18.7 Å². The summed E-state index contributed by atoms with van der Waals surface area (Å²) in [6.45, 7) is 23.6. The lowest BCUT2D eigenvalue weighted by atomic mass is 9.71. The quantitative estimate of drug-likeness (QED) is 0.0396. The van der Waals surface area contributed by atoms with Gasteiger partial charge in [-0.2, -0.15) is 0 Å². The molecule has 5 atom stereocenters. The zero-order valence-electron chi connectivity index (χ0n) is 41.5. The molecule has 65 heavy (non-hydrogen) atoms. The summed E-state index contributed by atoms with van der Waals surface area (Å²) in [5.41, 5.74) is 9.36. The number of phenolic OH excluding ortho intramolecular Hbond substituents is 3. The molecule has 12 nitrogen and oxygen atoms in total. The maximum Gasteiger partial charge on any atom is 0.428 e. The van der Waals surface area contributed by atoms with Gasteiger partial charge in [-0.25, -0.2) is 9.59 Å². The SMILES string of the molecule is C=C(C)[C@@H]1CCC(C)=C[C@H]1c1c(O)cc(CCCCC)cc1O.CCCCCc1cc(O)c([C@@H]2C=C(C)CC[C@H]2C(C)C)c(OC(=O)N(C)CC)c1.CCN(C)C(=O)ON[C@H](C=O)CO. The van der Waals surface area contributed by atoms with Gasteiger partial charge in [0.15, 0.2) is 0 Å². The van der Waals surface area contributed by atoms with E-state index in [1.165, 1.54) is 28.9 Å². The van der Waals surface area contributed by atoms with Crippen molar-refractivity contribution in [1.29, 1.82) is 0 Å². The molecule has 12 heteroatoms. The number of rotatable bonds is 19. The van der Waals surface area contributed by atoms with Crippen LogP contribution in [0.25, 0.3) is 0 Å². The van der Waals surface area contributed by atoms with Gasteiger partial charge in [0.25, 0.3) is 0 Å². The van der Waals surface area contributed by atoms with Gasteiger partial charge in [0, 0.05) is 50.1 Å². The number of nitrogens with one attached hydrogen (secondary N) is 1. The van der Waals surface area contributed by atoms with E-state index in [0.717, 1.165) is 86.5 Å². The molecular formula is C53H83N3O9. The number of aliphatic hydroxyl groups excluding tert-OH is 1. The second-order valence-electron chi connectivity index (χ2n) is 18.3. The standard InChI is InChI=1S/C25H39NO3.C21H30O2.C7H14N2O4/c1-7-9-10-11-19-15-22(27)24(23(16-19)29-25(28)26(6)8-2)21-14-18(5)12-13-20(21)17(3)4;1-5-6-7-8-16-12-19(22)21(20(23)13-16)18-11-15(4)9-10-17(18)14(2)3;1-3-9(2)7(12)13-8-6(4-10)5-11/h14-17,20-21,27H,7-13H2,1-6H3;11-13,17-18,22-23H,2,5-10H2,1,3-4H3;4,6,8,11H,3,5H2,1-2H3/t20-,21+;17-,18+;6-/m001/s1. The highest BCUT2D eigenvalue weighted by molar-refractivity contribution is 5.72. The van der Waals surface area contributed by atoms with Gasteiger partial charge in [0.2, 0.25) is 0 Å². The maximum atomic E-state index is 12.5. The summed E-state index contributed by atoms with van der Waals surface area (Å²) in [7, 11) is 3.29. The van der Waals surface area contributed by atoms with Gasteiger partial charge in [0.1, 0.15) is 35.3 Å². The van der Waals surface area contributed by atoms with Crippen LogP contribution in [0.4, 0.5) is 9.59 Å². The first-order valence-electron chi connectivity index (χ1n) is 23.9. The van der Waals surface area contributed by atoms with Crippen LogP contribution in [0.3, 0.4) is 0 Å². The summed E-state index contributed by atoms with van der Waals surface area (Å²) in [5, 5.41) is 40.7. The molecule has 364 valence electrons. The molecule has 2 aliphatic carbocycles. The number of hydrogen-bond acceptors (Lipinski definition) is 10. The van der Waals surface area contributed by atoms with E-state index in [4.69, 9.17) is 9.84 Å². The first-order chi connectivity index (χ1) is 30.9. The summed E-state index contributed by atoms with van der Waals surface area (Å²) < 4.78 is 5.84. The number of aryl methyl sites for hydroxylation is 2. The molecule has 0 saturated carbocycles. The van der Waals surface area contributed by atoms with Gasteiger partial charge in [-0.1, -0.05) is 88.8 Å². The maximum absolute atomic E-state index is 12.5. The molecule has 2 aliphatic rings. The molecule has 2 aromatic carbocycles. The average Bonchev–Trinajstić information content (AvgIpc) is 3.26. The number of benzene rings is 2. The summed E-state index contributed by atoms with van der Waals surface area (Å²) in [6, 6.07) is 6.65. The largest absolute Gasteiger partial charge is 0.507 e. The number of aromatic hydroxyl groups is 3. The lowest BCUT2D eigenvalue weighted by molar-refractivity contribution is -0.113. The van der Waals surface area contributed by atoms with Crippen molar-refractivity contribution < 1.29 is 44.4 Å². The van der Waals surface area contributed by atoms with Crippen molar-refractivity contribution in [2.45, 2.75) is 157 Å². The fourth-order valence-electron chi connectivity index (χ4n) is 8.34. The number of carbonyl (C=O) groups excluding carboxylic acids is 3. The van der Waals surface area contributed by atoms with Gasteiger partial charge >= 0.3 is 12.2 Å². The second kappa shape index (κ2) is 29.0. The third kappa shape index (κ3) is 17.8. The number of aliphatic hydroxyl groups is 1. The summed E-state index contributed by atoms with van der Waals surface area (Å²) in [4.78, 5) is 41.0. The van der Waals surface area contributed by atoms with Crippen molar-refractivity contribution in [2.24, 2.45) is 17.8 Å². The highest BCUT2D eigenvalue weighted by Gasteiger charge is 2.33. The van der Waals surface area contributed by atoms with E-state index in [2.05, 4.69) is 70.6 Å². The lowest BCUT2D eigenvalue weighted by Crippen LogP contribution is -2.39. The fourth-order valence-corrected chi connectivity index (χ4v) is 8.34. The molecule has 0 aromatic heterocycles. The second-order valence-corrected chi connectivity index (χ2v) is 18.3. The van der Waals surface area contributed by atoms with Gasteiger partial charge in [-0.3, -0.25) is 0 Å². The summed E-state index contributed by atoms with van der Waals surface area (Å²) >= 11 is 0. The number of amides is 2. The molecule has 0 heterocycles. The number of phenols is 3. The molecule has 0 radical (unpaired) electrons. The number of unbranched alkanes of at least 4 members (excludes halogenated alkanes) is 4. The Labute approximate surface area is 390 Å². The van der Waals surface area contributed by atoms with Crippen LogP contribution in [0.2, 0.25) is 0 Å². The van der Waals surface area contributed by atoms with Crippen LogP contribution in [0.5, 0.6) is 23.0 Å². The van der Waals surface area contributed by atoms with E-state index in [-0.39, 0.29) is 41.1 Å². The Hall–Kier alpha value is -4.81. The van der Waals surface area contributed by atoms with Crippen molar-refractivity contribution in [1.82, 2.24) is 15.3 Å². The number of hydrogen-bond donors (Lipinski definition) is 5. The van der Waals surface area contributed by atoms with Crippen LogP contribution in [-0.2, 0) is 22.5 Å². The molecule has 0 unspecified atom stereocenters. The molecule has 0 spiro atoms. The molecule has 0 saturated heterocycles. The Kier molecular flexibility index (Phi) is 25.1. The first kappa shape index (κ1) is 56.3. The van der Waals surface area contributed by atoms with Crippen LogP contribution in [0.1, 0.15) is 161 Å². The Morgan fingerprint density at radius 3 is 1.75 bits per heavy atom. The molecule has 5 N–H and O–H groups in total. The monoisotopic (exact) mass is 906 g/mol. The van der Waals surface area contributed by atoms with Crippen LogP contribution in [-0.4, -0.2) is 88.5 Å². The Balaban J connectivity index is 0.000000360. The average molecular weight is 906 g/mol. The van der Waals surface area contributed by atoms with Crippen LogP contribution in [0.15, 0.2) is 59.7 Å². The first-order valence-corrected chi connectivity index (χ1v) is 23.9. The van der Waals surface area contributed by atoms with E-state index in [9.17, 15) is 29.7 Å². The molecule has 0 aliphatic heterocycles. The number of nitrogens with zero attached hydrogens (tertiary/aromatic N) is 2. The number of ether oxygens (including phenoxy) is 1. The van der Waals surface area contributed by atoms with Gasteiger partial charge < -0.3 is 44.6 Å². The highest BCUT2D eigenvalue weighted by atomic mass is 16.7. The van der Waals surface area contributed by atoms with Crippen molar-refractivity contribution in [3.8, 4) is 23.0 Å². The van der Waals surface area contributed by atoms with Gasteiger partial charge in [-0.05, 0) is 139 Å². The topological polar surface area (TPSA) is 169 Å². The third-order valence-electron chi connectivity index (χ3n) is 12.6. The molecule has 0 bridgehead atoms. The van der Waals surface area contributed by atoms with Gasteiger partial charge in [-0.15, -0.1) is 5.48 Å². The zero-order chi connectivity index (χ0) is 48.8. The van der Waals surface area contributed by atoms with Crippen LogP contribution >= 0.6 is 0 Å². The van der Waals surface area contributed by atoms with Gasteiger partial charge in [0.05, 0.1) is 6.61 Å². The highest BCUT2D eigenvalue weighted by Crippen LogP contribution is 2.48. The van der Waals surface area contributed by atoms with E-state index >= 15 is 0 Å². The number of hydroxylamine groups is 1. The molecule has 2 aromatic rings. The fraction of sp³-hybridized carbons (Fsp3) is 0.604. The van der Waals surface area contributed by atoms with E-state index in [1.807, 2.05) is 38.1 Å². The van der Waals surface area contributed by atoms with Crippen LogP contribution < -0.4 is 10.2 Å². The Morgan fingerprint density at radius 2 is 1.28 bits per heavy atom. The summed E-state index contributed by atoms with van der Waals surface area (Å²) in [6.07, 6.45) is 16.8. The predicted octanol–water partition coefficient (Wildman–Crippen LogP) is 11.7. The van der Waals surface area contributed by atoms with E-state index in [0.29, 0.717) is 42.5 Å². The van der Waals surface area contributed by atoms with Crippen molar-refractivity contribution in [2.75, 3.05) is 33.8 Å². The normalized spacial score (nSPS) is 18.4. The Bertz CT molecular complexity index is 1870. The number of carbonyl (C=O) groups is 3. The smallest absolute Gasteiger partial charge is 0.428 e. The lowest BCUT2D eigenvalue weighted by Gasteiger charge is -2.34. The third-order valence-corrected chi connectivity index (χ3v) is 12.6. The predicted molar refractivity (Wildman–Crippen MR) is 262 cm³/mol. The van der Waals surface area contributed by atoms with Crippen LogP contribution in [0, 0.1) is 17.8 Å². The summed E-state index contributed by atoms with van der Waals surface area (Å²) in [5.74, 6) is 2.46. The minimum absolute atomic E-state index is 0.0194. The molecule has 4 rings (SSSR count). The minimum atomic E-state index is -0.866. The van der Waals surface area contributed by atoms with Crippen molar-refractivity contribution >= 4 is 18.5 Å². The molecule has 2 amide bonds. The van der Waals surface area contributed by atoms with Crippen molar-refractivity contribution in [3.05, 3.63) is 82.0 Å². The zero-order valence-corrected chi connectivity index (χ0v) is 41.5. The Morgan fingerprint density at radius 1 is 0.785 bits per heavy atom. The van der Waals surface area contributed by atoms with E-state index in [1.54, 1.807) is 25.9 Å². The molecule has 0 fully saturated rings. The number of allylic oxidation sites excluding steroid dienone is 5. The minimum Gasteiger partial charge on any atom is -0.507 e.